The number of fused-ring (bicyclic) bond motifs is 6. The fourth-order valence-corrected chi connectivity index (χ4v) is 9.92. The van der Waals surface area contributed by atoms with Crippen LogP contribution in [0.2, 0.25) is 0 Å². The lowest BCUT2D eigenvalue weighted by molar-refractivity contribution is 1.07. The summed E-state index contributed by atoms with van der Waals surface area (Å²) in [6, 6.07) is 88.2. The van der Waals surface area contributed by atoms with E-state index < -0.39 is 0 Å². The third kappa shape index (κ3) is 6.84. The van der Waals surface area contributed by atoms with Crippen molar-refractivity contribution in [3.05, 3.63) is 249 Å². The summed E-state index contributed by atoms with van der Waals surface area (Å²) in [5.74, 6) is 1.82. The number of hydrogen-bond donors (Lipinski definition) is 0. The van der Waals surface area contributed by atoms with Crippen LogP contribution in [0.4, 0.5) is 0 Å². The molecule has 5 heteroatoms. The molecule has 13 aromatic rings. The maximum atomic E-state index is 5.30. The summed E-state index contributed by atoms with van der Waals surface area (Å²) in [6.07, 6.45) is 0. The van der Waals surface area contributed by atoms with E-state index in [4.69, 9.17) is 15.0 Å². The Labute approximate surface area is 393 Å². The van der Waals surface area contributed by atoms with Gasteiger partial charge in [0.15, 0.2) is 17.5 Å². The number of benzene rings is 10. The Bertz CT molecular complexity index is 4020. The van der Waals surface area contributed by atoms with E-state index >= 15 is 0 Å². The van der Waals surface area contributed by atoms with E-state index in [-0.39, 0.29) is 0 Å². The van der Waals surface area contributed by atoms with Crippen molar-refractivity contribution in [2.45, 2.75) is 0 Å². The highest BCUT2D eigenvalue weighted by atomic mass is 15.0. The molecule has 0 unspecified atom stereocenters. The molecule has 0 radical (unpaired) electrons. The van der Waals surface area contributed by atoms with Crippen molar-refractivity contribution in [2.75, 3.05) is 0 Å². The predicted octanol–water partition coefficient (Wildman–Crippen LogP) is 16.1. The highest BCUT2D eigenvalue weighted by Gasteiger charge is 2.18. The second kappa shape index (κ2) is 16.4. The fourth-order valence-electron chi connectivity index (χ4n) is 9.92. The predicted molar refractivity (Wildman–Crippen MR) is 281 cm³/mol. The second-order valence-corrected chi connectivity index (χ2v) is 17.3. The Kier molecular flexibility index (Phi) is 9.43. The molecule has 13 rings (SSSR count). The summed E-state index contributed by atoms with van der Waals surface area (Å²) in [5, 5.41) is 4.83. The van der Waals surface area contributed by atoms with Gasteiger partial charge in [-0.05, 0) is 106 Å². The maximum Gasteiger partial charge on any atom is 0.164 e. The number of para-hydroxylation sites is 3. The van der Waals surface area contributed by atoms with Crippen molar-refractivity contribution in [3.63, 3.8) is 0 Å². The van der Waals surface area contributed by atoms with Gasteiger partial charge in [-0.2, -0.15) is 0 Å². The van der Waals surface area contributed by atoms with Crippen LogP contribution in [0.15, 0.2) is 249 Å². The lowest BCUT2D eigenvalue weighted by Gasteiger charge is -2.13. The molecule has 0 atom stereocenters. The zero-order valence-electron chi connectivity index (χ0n) is 36.9. The molecular formula is C63H41N5. The average molecular weight is 868 g/mol. The molecule has 3 aromatic heterocycles. The van der Waals surface area contributed by atoms with Crippen LogP contribution in [-0.4, -0.2) is 24.1 Å². The van der Waals surface area contributed by atoms with E-state index in [0.717, 1.165) is 61.4 Å². The molecular weight excluding hydrogens is 827 g/mol. The molecule has 0 saturated carbocycles. The van der Waals surface area contributed by atoms with Gasteiger partial charge in [-0.15, -0.1) is 0 Å². The minimum atomic E-state index is 0.602. The number of hydrogen-bond acceptors (Lipinski definition) is 3. The Morgan fingerprint density at radius 3 is 1.07 bits per heavy atom. The maximum absolute atomic E-state index is 5.30. The van der Waals surface area contributed by atoms with E-state index in [0.29, 0.717) is 17.5 Å². The Balaban J connectivity index is 0.952. The standard InChI is InChI=1S/C63H41N5/c1-4-17-42(18-5-1)44-21-14-23-48(37-44)61-64-62(49-24-15-22-45(38-49)47-34-36-59-56(41-47)53-29-10-12-31-57(53)67(59)51-26-8-3-9-27-51)66-63(65-61)50-25-16-28-52(39-50)68-58-32-13-11-30-54(58)55-40-46(33-35-60(55)68)43-19-6-2-7-20-43/h1-41H. The third-order valence-corrected chi connectivity index (χ3v) is 13.1. The molecule has 0 aliphatic carbocycles. The highest BCUT2D eigenvalue weighted by molar-refractivity contribution is 6.11. The normalized spacial score (nSPS) is 11.5. The summed E-state index contributed by atoms with van der Waals surface area (Å²) >= 11 is 0. The summed E-state index contributed by atoms with van der Waals surface area (Å²) in [7, 11) is 0. The van der Waals surface area contributed by atoms with E-state index in [9.17, 15) is 0 Å². The van der Waals surface area contributed by atoms with Crippen LogP contribution in [0.3, 0.4) is 0 Å². The first-order valence-corrected chi connectivity index (χ1v) is 23.0. The molecule has 0 N–H and O–H groups in total. The largest absolute Gasteiger partial charge is 0.309 e. The van der Waals surface area contributed by atoms with E-state index in [1.165, 1.54) is 43.7 Å². The van der Waals surface area contributed by atoms with E-state index in [1.807, 2.05) is 6.07 Å². The first-order chi connectivity index (χ1) is 33.7. The molecule has 0 saturated heterocycles. The molecule has 0 bridgehead atoms. The van der Waals surface area contributed by atoms with Crippen LogP contribution in [0.25, 0.3) is 123 Å². The van der Waals surface area contributed by atoms with Gasteiger partial charge < -0.3 is 9.13 Å². The van der Waals surface area contributed by atoms with Crippen molar-refractivity contribution in [3.8, 4) is 78.9 Å². The average Bonchev–Trinajstić information content (AvgIpc) is 3.94. The van der Waals surface area contributed by atoms with Gasteiger partial charge in [0.1, 0.15) is 0 Å². The van der Waals surface area contributed by atoms with Crippen molar-refractivity contribution in [1.29, 1.82) is 0 Å². The van der Waals surface area contributed by atoms with E-state index in [2.05, 4.69) is 252 Å². The first-order valence-electron chi connectivity index (χ1n) is 23.0. The Hall–Kier alpha value is -9.19. The topological polar surface area (TPSA) is 48.5 Å². The summed E-state index contributed by atoms with van der Waals surface area (Å²) < 4.78 is 4.70. The SMILES string of the molecule is c1ccc(-c2cccc(-c3nc(-c4cccc(-c5ccc6c(c5)c5ccccc5n6-c5ccccc5)c4)nc(-c4cccc(-n5c6ccccc6c6cc(-c7ccccc7)ccc65)c4)n3)c2)cc1. The van der Waals surface area contributed by atoms with Gasteiger partial charge in [0.2, 0.25) is 0 Å². The van der Waals surface area contributed by atoms with Crippen LogP contribution in [-0.2, 0) is 0 Å². The first kappa shape index (κ1) is 39.2. The molecule has 0 spiro atoms. The van der Waals surface area contributed by atoms with Crippen LogP contribution >= 0.6 is 0 Å². The van der Waals surface area contributed by atoms with Crippen molar-refractivity contribution in [1.82, 2.24) is 24.1 Å². The summed E-state index contributed by atoms with van der Waals surface area (Å²) in [4.78, 5) is 15.8. The van der Waals surface area contributed by atoms with Gasteiger partial charge in [-0.3, -0.25) is 0 Å². The lowest BCUT2D eigenvalue weighted by Crippen LogP contribution is -2.01. The fraction of sp³-hybridized carbons (Fsp3) is 0. The minimum Gasteiger partial charge on any atom is -0.309 e. The molecule has 0 aliphatic heterocycles. The van der Waals surface area contributed by atoms with Crippen LogP contribution in [0.5, 0.6) is 0 Å². The highest BCUT2D eigenvalue weighted by Crippen LogP contribution is 2.38. The summed E-state index contributed by atoms with van der Waals surface area (Å²) in [6.45, 7) is 0. The van der Waals surface area contributed by atoms with Gasteiger partial charge in [0, 0.05) is 49.6 Å². The molecule has 3 heterocycles. The zero-order valence-corrected chi connectivity index (χ0v) is 36.9. The number of aromatic nitrogens is 5. The monoisotopic (exact) mass is 867 g/mol. The van der Waals surface area contributed by atoms with Gasteiger partial charge in [0.25, 0.3) is 0 Å². The third-order valence-electron chi connectivity index (χ3n) is 13.1. The van der Waals surface area contributed by atoms with Crippen molar-refractivity contribution in [2.24, 2.45) is 0 Å². The minimum absolute atomic E-state index is 0.602. The van der Waals surface area contributed by atoms with Crippen molar-refractivity contribution >= 4 is 43.6 Å². The second-order valence-electron chi connectivity index (χ2n) is 17.3. The molecule has 0 amide bonds. The molecule has 5 nitrogen and oxygen atoms in total. The smallest absolute Gasteiger partial charge is 0.164 e. The number of nitrogens with zero attached hydrogens (tertiary/aromatic N) is 5. The van der Waals surface area contributed by atoms with Crippen LogP contribution in [0.1, 0.15) is 0 Å². The van der Waals surface area contributed by atoms with Gasteiger partial charge in [-0.25, -0.2) is 15.0 Å². The summed E-state index contributed by atoms with van der Waals surface area (Å²) in [5.41, 5.74) is 16.3. The molecule has 318 valence electrons. The van der Waals surface area contributed by atoms with Crippen LogP contribution in [0, 0.1) is 0 Å². The van der Waals surface area contributed by atoms with Crippen molar-refractivity contribution < 1.29 is 0 Å². The van der Waals surface area contributed by atoms with Gasteiger partial charge >= 0.3 is 0 Å². The number of rotatable bonds is 8. The molecule has 0 fully saturated rings. The van der Waals surface area contributed by atoms with Gasteiger partial charge in [0.05, 0.1) is 22.1 Å². The van der Waals surface area contributed by atoms with Crippen LogP contribution < -0.4 is 0 Å². The quantitative estimate of drug-likeness (QED) is 0.153. The lowest BCUT2D eigenvalue weighted by atomic mass is 10.0. The molecule has 68 heavy (non-hydrogen) atoms. The van der Waals surface area contributed by atoms with E-state index in [1.54, 1.807) is 0 Å². The Morgan fingerprint density at radius 2 is 0.544 bits per heavy atom. The molecule has 0 aliphatic rings. The Morgan fingerprint density at radius 1 is 0.206 bits per heavy atom. The molecule has 10 aromatic carbocycles. The zero-order chi connectivity index (χ0) is 45.0. The van der Waals surface area contributed by atoms with Gasteiger partial charge in [-0.1, -0.05) is 176 Å².